The lowest BCUT2D eigenvalue weighted by Crippen LogP contribution is -2.03. The summed E-state index contributed by atoms with van der Waals surface area (Å²) in [5.74, 6) is 0.570. The molecule has 2 rings (SSSR count). The van der Waals surface area contributed by atoms with Gasteiger partial charge >= 0.3 is 0 Å². The van der Waals surface area contributed by atoms with Crippen LogP contribution in [0.25, 0.3) is 0 Å². The molecule has 2 aromatic carbocycles. The largest absolute Gasteiger partial charge is 0.491 e. The molecule has 0 heterocycles. The van der Waals surface area contributed by atoms with Gasteiger partial charge in [-0.1, -0.05) is 19.1 Å². The van der Waals surface area contributed by atoms with Crippen molar-refractivity contribution in [2.24, 2.45) is 0 Å². The van der Waals surface area contributed by atoms with Crippen molar-refractivity contribution in [3.05, 3.63) is 52.6 Å². The molecule has 8 heteroatoms. The average Bonchev–Trinajstić information content (AvgIpc) is 2.53. The fourth-order valence-electron chi connectivity index (χ4n) is 2.05. The third-order valence-electron chi connectivity index (χ3n) is 3.21. The van der Waals surface area contributed by atoms with E-state index in [9.17, 15) is 18.5 Å². The summed E-state index contributed by atoms with van der Waals surface area (Å²) in [6, 6.07) is 10.8. The first-order valence-corrected chi connectivity index (χ1v) is 9.19. The van der Waals surface area contributed by atoms with E-state index in [1.54, 1.807) is 24.3 Å². The van der Waals surface area contributed by atoms with E-state index in [2.05, 4.69) is 5.32 Å². The lowest BCUT2D eigenvalue weighted by atomic mass is 10.2. The highest BCUT2D eigenvalue weighted by atomic mass is 32.2. The number of nitro benzene ring substituents is 1. The van der Waals surface area contributed by atoms with E-state index in [-0.39, 0.29) is 16.3 Å². The van der Waals surface area contributed by atoms with Crippen molar-refractivity contribution in [1.82, 2.24) is 0 Å². The molecule has 0 unspecified atom stereocenters. The van der Waals surface area contributed by atoms with Gasteiger partial charge in [0, 0.05) is 12.3 Å². The van der Waals surface area contributed by atoms with Crippen LogP contribution in [0.2, 0.25) is 0 Å². The van der Waals surface area contributed by atoms with Crippen molar-refractivity contribution in [2.45, 2.75) is 18.2 Å². The van der Waals surface area contributed by atoms with Crippen LogP contribution in [-0.4, -0.2) is 26.2 Å². The molecule has 0 radical (unpaired) electrons. The topological polar surface area (TPSA) is 98.5 Å². The van der Waals surface area contributed by atoms with Gasteiger partial charge in [0.15, 0.2) is 9.84 Å². The van der Waals surface area contributed by atoms with Crippen molar-refractivity contribution >= 4 is 26.9 Å². The molecule has 0 saturated heterocycles. The van der Waals surface area contributed by atoms with Crippen molar-refractivity contribution < 1.29 is 18.1 Å². The lowest BCUT2D eigenvalue weighted by molar-refractivity contribution is -0.384. The van der Waals surface area contributed by atoms with Crippen LogP contribution in [0.15, 0.2) is 47.4 Å². The summed E-state index contributed by atoms with van der Waals surface area (Å²) in [6.07, 6.45) is 1.84. The first-order valence-electron chi connectivity index (χ1n) is 7.30. The smallest absolute Gasteiger partial charge is 0.293 e. The minimum absolute atomic E-state index is 0.102. The zero-order chi connectivity index (χ0) is 17.7. The molecule has 0 amide bonds. The Kier molecular flexibility index (Phi) is 5.40. The number of hydrogen-bond donors (Lipinski definition) is 1. The van der Waals surface area contributed by atoms with Crippen LogP contribution < -0.4 is 10.1 Å². The number of sulfone groups is 1. The number of nitrogens with zero attached hydrogens (tertiary/aromatic N) is 1. The number of ether oxygens (including phenoxy) is 1. The van der Waals surface area contributed by atoms with E-state index in [1.807, 2.05) is 6.92 Å². The van der Waals surface area contributed by atoms with Gasteiger partial charge in [0.1, 0.15) is 11.4 Å². The molecule has 24 heavy (non-hydrogen) atoms. The Morgan fingerprint density at radius 2 is 1.88 bits per heavy atom. The van der Waals surface area contributed by atoms with Crippen molar-refractivity contribution in [1.29, 1.82) is 0 Å². The zero-order valence-electron chi connectivity index (χ0n) is 13.4. The lowest BCUT2D eigenvalue weighted by Gasteiger charge is -2.13. The van der Waals surface area contributed by atoms with Gasteiger partial charge in [-0.2, -0.15) is 0 Å². The fourth-order valence-corrected chi connectivity index (χ4v) is 2.69. The predicted molar refractivity (Wildman–Crippen MR) is 91.7 cm³/mol. The van der Waals surface area contributed by atoms with E-state index < -0.39 is 14.8 Å². The van der Waals surface area contributed by atoms with Crippen LogP contribution in [0.4, 0.5) is 17.1 Å². The van der Waals surface area contributed by atoms with E-state index in [0.29, 0.717) is 18.0 Å². The normalized spacial score (nSPS) is 11.1. The minimum Gasteiger partial charge on any atom is -0.491 e. The molecule has 128 valence electrons. The molecule has 0 spiro atoms. The molecular formula is C16H18N2O5S. The number of nitro groups is 1. The van der Waals surface area contributed by atoms with Gasteiger partial charge in [-0.25, -0.2) is 8.42 Å². The predicted octanol–water partition coefficient (Wildman–Crippen LogP) is 3.53. The van der Waals surface area contributed by atoms with Crippen LogP contribution in [0.1, 0.15) is 13.3 Å². The number of nitrogens with one attached hydrogen (secondary N) is 1. The molecule has 0 fully saturated rings. The molecule has 0 aliphatic carbocycles. The maximum atomic E-state index is 11.6. The fraction of sp³-hybridized carbons (Fsp3) is 0.250. The Morgan fingerprint density at radius 1 is 1.17 bits per heavy atom. The second-order valence-corrected chi connectivity index (χ2v) is 7.19. The van der Waals surface area contributed by atoms with E-state index >= 15 is 0 Å². The molecule has 7 nitrogen and oxygen atoms in total. The summed E-state index contributed by atoms with van der Waals surface area (Å²) in [6.45, 7) is 2.50. The second-order valence-electron chi connectivity index (χ2n) is 5.18. The first-order chi connectivity index (χ1) is 11.3. The monoisotopic (exact) mass is 350 g/mol. The number of benzene rings is 2. The molecule has 0 saturated carbocycles. The molecule has 0 aromatic heterocycles. The molecule has 0 aliphatic rings. The molecular weight excluding hydrogens is 332 g/mol. The maximum Gasteiger partial charge on any atom is 0.293 e. The van der Waals surface area contributed by atoms with Crippen LogP contribution in [0.3, 0.4) is 0 Å². The second kappa shape index (κ2) is 7.31. The highest BCUT2D eigenvalue weighted by Crippen LogP contribution is 2.33. The van der Waals surface area contributed by atoms with E-state index in [4.69, 9.17) is 4.74 Å². The molecule has 0 bridgehead atoms. The highest BCUT2D eigenvalue weighted by molar-refractivity contribution is 7.90. The quantitative estimate of drug-likeness (QED) is 0.606. The summed E-state index contributed by atoms with van der Waals surface area (Å²) in [7, 11) is -3.53. The summed E-state index contributed by atoms with van der Waals surface area (Å²) < 4.78 is 28.8. The molecule has 0 aliphatic heterocycles. The van der Waals surface area contributed by atoms with Gasteiger partial charge < -0.3 is 10.1 Å². The maximum absolute atomic E-state index is 11.6. The van der Waals surface area contributed by atoms with Gasteiger partial charge in [-0.3, -0.25) is 10.1 Å². The summed E-state index contributed by atoms with van der Waals surface area (Å²) in [5.41, 5.74) is 0.448. The molecule has 2 aromatic rings. The van der Waals surface area contributed by atoms with Crippen LogP contribution in [-0.2, 0) is 9.84 Å². The SMILES string of the molecule is CCCOc1ccccc1Nc1ccc(S(C)(=O)=O)cc1[N+](=O)[O-]. The van der Waals surface area contributed by atoms with Crippen LogP contribution in [0, 0.1) is 10.1 Å². The zero-order valence-corrected chi connectivity index (χ0v) is 14.2. The third kappa shape index (κ3) is 4.23. The first kappa shape index (κ1) is 17.7. The van der Waals surface area contributed by atoms with Crippen LogP contribution in [0.5, 0.6) is 5.75 Å². The van der Waals surface area contributed by atoms with Gasteiger partial charge in [-0.05, 0) is 30.7 Å². The highest BCUT2D eigenvalue weighted by Gasteiger charge is 2.19. The van der Waals surface area contributed by atoms with Gasteiger partial charge in [-0.15, -0.1) is 0 Å². The minimum atomic E-state index is -3.53. The van der Waals surface area contributed by atoms with Gasteiger partial charge in [0.05, 0.1) is 22.1 Å². The van der Waals surface area contributed by atoms with Crippen LogP contribution >= 0.6 is 0 Å². The third-order valence-corrected chi connectivity index (χ3v) is 4.32. The summed E-state index contributed by atoms with van der Waals surface area (Å²) >= 11 is 0. The number of anilines is 2. The van der Waals surface area contributed by atoms with Gasteiger partial charge in [0.25, 0.3) is 5.69 Å². The van der Waals surface area contributed by atoms with Crippen molar-refractivity contribution in [2.75, 3.05) is 18.2 Å². The Bertz CT molecular complexity index is 849. The Morgan fingerprint density at radius 3 is 2.50 bits per heavy atom. The Hall–Kier alpha value is -2.61. The van der Waals surface area contributed by atoms with Gasteiger partial charge in [0.2, 0.25) is 0 Å². The molecule has 1 N–H and O–H groups in total. The van der Waals surface area contributed by atoms with E-state index in [0.717, 1.165) is 18.7 Å². The molecule has 0 atom stereocenters. The number of para-hydroxylation sites is 2. The number of rotatable bonds is 7. The standard InChI is InChI=1S/C16H18N2O5S/c1-3-10-23-16-7-5-4-6-14(16)17-13-9-8-12(24(2,21)22)11-15(13)18(19)20/h4-9,11,17H,3,10H2,1-2H3. The van der Waals surface area contributed by atoms with Crippen molar-refractivity contribution in [3.63, 3.8) is 0 Å². The average molecular weight is 350 g/mol. The summed E-state index contributed by atoms with van der Waals surface area (Å²) in [5, 5.41) is 14.2. The van der Waals surface area contributed by atoms with Crippen molar-refractivity contribution in [3.8, 4) is 5.75 Å². The summed E-state index contributed by atoms with van der Waals surface area (Å²) in [4.78, 5) is 10.6. The van der Waals surface area contributed by atoms with E-state index in [1.165, 1.54) is 12.1 Å². The Labute approximate surface area is 140 Å². The Balaban J connectivity index is 2.42. The number of hydrogen-bond acceptors (Lipinski definition) is 6.